The Bertz CT molecular complexity index is 811. The molecule has 0 aromatic rings. The van der Waals surface area contributed by atoms with Gasteiger partial charge in [-0.2, -0.15) is 0 Å². The van der Waals surface area contributed by atoms with Gasteiger partial charge in [0, 0.05) is 18.6 Å². The van der Waals surface area contributed by atoms with Crippen molar-refractivity contribution in [2.75, 3.05) is 0 Å². The third kappa shape index (κ3) is 3.91. The average molecular weight is 422 g/mol. The van der Waals surface area contributed by atoms with Crippen molar-refractivity contribution in [2.45, 2.75) is 70.2 Å². The molecular weight excluding hydrogens is 396 g/mol. The monoisotopic (exact) mass is 422 g/mol. The van der Waals surface area contributed by atoms with Gasteiger partial charge in [0.15, 0.2) is 23.6 Å². The van der Waals surface area contributed by atoms with E-state index in [9.17, 15) is 24.3 Å². The lowest BCUT2D eigenvalue weighted by molar-refractivity contribution is -0.196. The summed E-state index contributed by atoms with van der Waals surface area (Å²) < 4.78 is 21.8. The van der Waals surface area contributed by atoms with Gasteiger partial charge in [0.25, 0.3) is 0 Å². The second kappa shape index (κ2) is 7.96. The number of Topliss-reactive ketones (excluding diaryl/α,β-unsaturated/α-hetero) is 1. The Morgan fingerprint density at radius 2 is 1.97 bits per heavy atom. The molecule has 3 fully saturated rings. The largest absolute Gasteiger partial charge is 0.458 e. The number of fused-ring (bicyclic) bond motifs is 2. The molecule has 3 rings (SSSR count). The van der Waals surface area contributed by atoms with Gasteiger partial charge in [0.1, 0.15) is 12.2 Å². The summed E-state index contributed by atoms with van der Waals surface area (Å²) in [6.07, 6.45) is -2.20. The van der Waals surface area contributed by atoms with Gasteiger partial charge < -0.3 is 24.1 Å². The summed E-state index contributed by atoms with van der Waals surface area (Å²) in [4.78, 5) is 49.5. The van der Waals surface area contributed by atoms with Crippen LogP contribution in [-0.2, 0) is 38.1 Å². The molecule has 0 unspecified atom stereocenters. The zero-order valence-electron chi connectivity index (χ0n) is 17.3. The van der Waals surface area contributed by atoms with E-state index >= 15 is 0 Å². The van der Waals surface area contributed by atoms with Crippen molar-refractivity contribution in [2.24, 2.45) is 11.8 Å². The molecule has 9 heteroatoms. The van der Waals surface area contributed by atoms with Crippen molar-refractivity contribution in [1.29, 1.82) is 0 Å². The van der Waals surface area contributed by atoms with Crippen molar-refractivity contribution in [1.82, 2.24) is 0 Å². The number of esters is 3. The lowest BCUT2D eigenvalue weighted by atomic mass is 9.75. The molecule has 9 nitrogen and oxygen atoms in total. The number of allylic oxidation sites excluding steroid dienone is 1. The maximum Gasteiger partial charge on any atom is 0.334 e. The molecule has 0 amide bonds. The second-order valence-corrected chi connectivity index (χ2v) is 8.17. The lowest BCUT2D eigenvalue weighted by Gasteiger charge is -2.39. The van der Waals surface area contributed by atoms with E-state index in [0.29, 0.717) is 6.42 Å². The van der Waals surface area contributed by atoms with Gasteiger partial charge in [-0.3, -0.25) is 9.59 Å². The zero-order chi connectivity index (χ0) is 22.4. The van der Waals surface area contributed by atoms with Gasteiger partial charge >= 0.3 is 17.9 Å². The molecule has 164 valence electrons. The first-order valence-electron chi connectivity index (χ1n) is 9.81. The van der Waals surface area contributed by atoms with Crippen LogP contribution in [0.3, 0.4) is 0 Å². The van der Waals surface area contributed by atoms with Crippen LogP contribution in [0.15, 0.2) is 24.3 Å². The van der Waals surface area contributed by atoms with Gasteiger partial charge in [0.2, 0.25) is 0 Å². The number of carbonyl (C=O) groups excluding carboxylic acids is 4. The third-order valence-electron chi connectivity index (χ3n) is 5.83. The lowest BCUT2D eigenvalue weighted by Crippen LogP contribution is -2.60. The fourth-order valence-electron chi connectivity index (χ4n) is 4.26. The molecule has 2 heterocycles. The van der Waals surface area contributed by atoms with Crippen molar-refractivity contribution >= 4 is 23.7 Å². The highest BCUT2D eigenvalue weighted by atomic mass is 16.6. The van der Waals surface area contributed by atoms with Crippen LogP contribution in [0.25, 0.3) is 0 Å². The van der Waals surface area contributed by atoms with Crippen molar-refractivity contribution in [3.05, 3.63) is 24.3 Å². The number of epoxide rings is 1. The van der Waals surface area contributed by atoms with Crippen molar-refractivity contribution in [3.8, 4) is 0 Å². The molecule has 2 saturated heterocycles. The first-order chi connectivity index (χ1) is 14.0. The van der Waals surface area contributed by atoms with E-state index < -0.39 is 65.7 Å². The summed E-state index contributed by atoms with van der Waals surface area (Å²) in [5.74, 6) is -4.06. The maximum atomic E-state index is 13.0. The van der Waals surface area contributed by atoms with Crippen LogP contribution in [0.2, 0.25) is 0 Å². The molecule has 3 aliphatic rings. The minimum absolute atomic E-state index is 0.0136. The number of hydrogen-bond donors (Lipinski definition) is 1. The van der Waals surface area contributed by atoms with E-state index in [1.165, 1.54) is 13.0 Å². The minimum atomic E-state index is -2.25. The first-order valence-corrected chi connectivity index (χ1v) is 9.81. The number of ether oxygens (including phenoxy) is 4. The number of aliphatic hydroxyl groups is 1. The van der Waals surface area contributed by atoms with Gasteiger partial charge in [-0.15, -0.1) is 0 Å². The van der Waals surface area contributed by atoms with E-state index in [1.807, 2.05) is 6.92 Å². The Hall–Kier alpha value is -2.52. The molecule has 1 saturated carbocycles. The van der Waals surface area contributed by atoms with E-state index in [1.54, 1.807) is 6.92 Å². The predicted octanol–water partition coefficient (Wildman–Crippen LogP) is 0.631. The predicted molar refractivity (Wildman–Crippen MR) is 101 cm³/mol. The standard InChI is InChI=1S/C21H26O9/c1-6-7-13(23)29-16-14-10(3)20(25)28-12(14)8-9(2)15-17(30-15)18(24)21(5,26)19(16)27-11(4)22/h6-7,9,12,14-17,19,26H,3,8H2,1-2,4-5H3/b7-6+/t9-,12-,14+,15+,16+,17+,19-,21-/m1/s1. The van der Waals surface area contributed by atoms with E-state index in [4.69, 9.17) is 18.9 Å². The van der Waals surface area contributed by atoms with Crippen LogP contribution in [0, 0.1) is 11.8 Å². The van der Waals surface area contributed by atoms with Crippen LogP contribution in [0.4, 0.5) is 0 Å². The van der Waals surface area contributed by atoms with E-state index in [0.717, 1.165) is 13.0 Å². The first kappa shape index (κ1) is 22.2. The molecule has 0 aromatic heterocycles. The number of rotatable bonds is 3. The molecule has 8 atom stereocenters. The second-order valence-electron chi connectivity index (χ2n) is 8.17. The van der Waals surface area contributed by atoms with Gasteiger partial charge in [-0.05, 0) is 26.2 Å². The minimum Gasteiger partial charge on any atom is -0.458 e. The molecule has 0 spiro atoms. The normalized spacial score (nSPS) is 41.0. The molecule has 0 bridgehead atoms. The van der Waals surface area contributed by atoms with E-state index in [2.05, 4.69) is 6.58 Å². The van der Waals surface area contributed by atoms with Gasteiger partial charge in [0.05, 0.1) is 12.0 Å². The summed E-state index contributed by atoms with van der Waals surface area (Å²) in [5, 5.41) is 11.2. The Labute approximate surface area is 174 Å². The van der Waals surface area contributed by atoms with Crippen molar-refractivity contribution in [3.63, 3.8) is 0 Å². The van der Waals surface area contributed by atoms with Gasteiger partial charge in [-0.1, -0.05) is 19.6 Å². The topological polar surface area (TPSA) is 129 Å². The van der Waals surface area contributed by atoms with Crippen LogP contribution in [0.1, 0.15) is 34.1 Å². The summed E-state index contributed by atoms with van der Waals surface area (Å²) in [6.45, 7) is 9.49. The Morgan fingerprint density at radius 3 is 2.57 bits per heavy atom. The molecule has 0 radical (unpaired) electrons. The Kier molecular flexibility index (Phi) is 5.88. The smallest absolute Gasteiger partial charge is 0.334 e. The highest BCUT2D eigenvalue weighted by Crippen LogP contribution is 2.44. The van der Waals surface area contributed by atoms with Crippen LogP contribution in [0.5, 0.6) is 0 Å². The number of carbonyl (C=O) groups is 4. The molecule has 2 aliphatic heterocycles. The summed E-state index contributed by atoms with van der Waals surface area (Å²) in [6, 6.07) is 0. The fourth-order valence-corrected chi connectivity index (χ4v) is 4.26. The van der Waals surface area contributed by atoms with Crippen molar-refractivity contribution < 1.29 is 43.2 Å². The maximum absolute atomic E-state index is 13.0. The van der Waals surface area contributed by atoms with Gasteiger partial charge in [-0.25, -0.2) is 9.59 Å². The Morgan fingerprint density at radius 1 is 1.30 bits per heavy atom. The summed E-state index contributed by atoms with van der Waals surface area (Å²) in [7, 11) is 0. The Balaban J connectivity index is 2.13. The average Bonchev–Trinajstić information content (AvgIpc) is 3.39. The molecule has 0 aromatic carbocycles. The number of hydrogen-bond acceptors (Lipinski definition) is 9. The quantitative estimate of drug-likeness (QED) is 0.301. The molecule has 1 N–H and O–H groups in total. The highest BCUT2D eigenvalue weighted by Gasteiger charge is 2.62. The molecule has 1 aliphatic carbocycles. The molecule has 30 heavy (non-hydrogen) atoms. The fraction of sp³-hybridized carbons (Fsp3) is 0.619. The SMILES string of the molecule is C=C1C(=O)O[C@@H]2C[C@@H](C)[C@@H]3O[C@@H]3C(=O)[C@@](C)(O)[C@H](OC(C)=O)[C@@H](OC(=O)/C=C/C)[C@@H]12. The zero-order valence-corrected chi connectivity index (χ0v) is 17.3. The summed E-state index contributed by atoms with van der Waals surface area (Å²) in [5.41, 5.74) is -2.24. The number of ketones is 1. The van der Waals surface area contributed by atoms with Crippen LogP contribution < -0.4 is 0 Å². The summed E-state index contributed by atoms with van der Waals surface area (Å²) >= 11 is 0. The van der Waals surface area contributed by atoms with Crippen LogP contribution >= 0.6 is 0 Å². The van der Waals surface area contributed by atoms with Crippen LogP contribution in [-0.4, -0.2) is 64.9 Å². The highest BCUT2D eigenvalue weighted by molar-refractivity contribution is 5.95. The third-order valence-corrected chi connectivity index (χ3v) is 5.83. The van der Waals surface area contributed by atoms with E-state index in [-0.39, 0.29) is 11.5 Å². The molecular formula is C21H26O9.